The van der Waals surface area contributed by atoms with Crippen LogP contribution in [0.25, 0.3) is 5.70 Å². The van der Waals surface area contributed by atoms with Gasteiger partial charge in [0, 0.05) is 25.6 Å². The number of amides is 1. The molecule has 0 aliphatic carbocycles. The second-order valence-corrected chi connectivity index (χ2v) is 7.73. The van der Waals surface area contributed by atoms with Crippen LogP contribution in [0.15, 0.2) is 24.3 Å². The van der Waals surface area contributed by atoms with Gasteiger partial charge in [0.05, 0.1) is 12.8 Å². The van der Waals surface area contributed by atoms with Crippen LogP contribution < -0.4 is 16.0 Å². The summed E-state index contributed by atoms with van der Waals surface area (Å²) in [6, 6.07) is 5.20. The van der Waals surface area contributed by atoms with E-state index >= 15 is 4.39 Å². The van der Waals surface area contributed by atoms with Gasteiger partial charge in [0.25, 0.3) is 0 Å². The maximum Gasteiger partial charge on any atom is 0.410 e. The summed E-state index contributed by atoms with van der Waals surface area (Å²) in [5.74, 6) is 6.07. The molecule has 1 aromatic rings. The predicted octanol–water partition coefficient (Wildman–Crippen LogP) is 4.35. The molecule has 0 bridgehead atoms. The van der Waals surface area contributed by atoms with Gasteiger partial charge in [-0.05, 0) is 51.8 Å². The summed E-state index contributed by atoms with van der Waals surface area (Å²) < 4.78 is 26.5. The molecule has 0 radical (unpaired) electrons. The predicted molar refractivity (Wildman–Crippen MR) is 111 cm³/mol. The molecule has 1 atom stereocenters. The van der Waals surface area contributed by atoms with Crippen molar-refractivity contribution < 1.29 is 18.7 Å². The molecule has 0 saturated heterocycles. The van der Waals surface area contributed by atoms with Gasteiger partial charge < -0.3 is 19.8 Å². The average Bonchev–Trinajstić information content (AvgIpc) is 2.65. The van der Waals surface area contributed by atoms with Crippen molar-refractivity contribution in [3.8, 4) is 5.75 Å². The number of nitrogens with one attached hydrogen (secondary N) is 1. The van der Waals surface area contributed by atoms with Crippen LogP contribution in [0.3, 0.4) is 0 Å². The Morgan fingerprint density at radius 2 is 2.00 bits per heavy atom. The van der Waals surface area contributed by atoms with Crippen molar-refractivity contribution in [2.45, 2.75) is 58.7 Å². The molecule has 3 N–H and O–H groups in total. The smallest absolute Gasteiger partial charge is 0.410 e. The number of carbonyl (C=O) groups is 1. The molecule has 0 aliphatic heterocycles. The van der Waals surface area contributed by atoms with Crippen molar-refractivity contribution in [1.29, 1.82) is 0 Å². The van der Waals surface area contributed by atoms with Crippen LogP contribution in [0.4, 0.5) is 9.18 Å². The van der Waals surface area contributed by atoms with Crippen LogP contribution in [0.2, 0.25) is 0 Å². The minimum absolute atomic E-state index is 0.146. The van der Waals surface area contributed by atoms with E-state index in [0.717, 1.165) is 5.56 Å². The Balaban J connectivity index is 3.03. The highest BCUT2D eigenvalue weighted by Gasteiger charge is 2.32. The molecule has 1 unspecified atom stereocenters. The van der Waals surface area contributed by atoms with E-state index in [1.807, 2.05) is 13.0 Å². The fourth-order valence-corrected chi connectivity index (χ4v) is 2.81. The lowest BCUT2D eigenvalue weighted by molar-refractivity contribution is 0.0256. The van der Waals surface area contributed by atoms with E-state index in [1.165, 1.54) is 12.0 Å². The summed E-state index contributed by atoms with van der Waals surface area (Å²) in [5.41, 5.74) is 2.36. The Morgan fingerprint density at radius 3 is 2.46 bits per heavy atom. The summed E-state index contributed by atoms with van der Waals surface area (Å²) in [5, 5.41) is 0. The molecule has 28 heavy (non-hydrogen) atoms. The maximum atomic E-state index is 15.7. The number of benzene rings is 1. The summed E-state index contributed by atoms with van der Waals surface area (Å²) >= 11 is 0. The normalized spacial score (nSPS) is 14.2. The Morgan fingerprint density at radius 1 is 1.36 bits per heavy atom. The van der Waals surface area contributed by atoms with E-state index < -0.39 is 17.4 Å². The van der Waals surface area contributed by atoms with E-state index in [1.54, 1.807) is 52.9 Å². The van der Waals surface area contributed by atoms with Gasteiger partial charge in [0.2, 0.25) is 0 Å². The molecule has 6 nitrogen and oxygen atoms in total. The lowest BCUT2D eigenvalue weighted by atomic mass is 9.88. The molecule has 1 amide bonds. The van der Waals surface area contributed by atoms with Crippen LogP contribution in [0.1, 0.15) is 58.6 Å². The molecule has 0 heterocycles. The fourth-order valence-electron chi connectivity index (χ4n) is 2.81. The first-order chi connectivity index (χ1) is 13.0. The van der Waals surface area contributed by atoms with E-state index in [4.69, 9.17) is 15.3 Å². The first-order valence-electron chi connectivity index (χ1n) is 9.46. The number of hydrazine groups is 1. The molecule has 1 aromatic carbocycles. The number of alkyl halides is 1. The minimum Gasteiger partial charge on any atom is -0.496 e. The van der Waals surface area contributed by atoms with Gasteiger partial charge in [-0.1, -0.05) is 19.1 Å². The number of hydrogen-bond acceptors (Lipinski definition) is 5. The van der Waals surface area contributed by atoms with Gasteiger partial charge >= 0.3 is 6.09 Å². The highest BCUT2D eigenvalue weighted by atomic mass is 19.1. The summed E-state index contributed by atoms with van der Waals surface area (Å²) in [4.78, 5) is 13.5. The number of nitrogens with two attached hydrogens (primary N) is 1. The second-order valence-electron chi connectivity index (χ2n) is 7.73. The lowest BCUT2D eigenvalue weighted by Crippen LogP contribution is -2.36. The molecule has 7 heteroatoms. The Kier molecular flexibility index (Phi) is 8.29. The zero-order valence-corrected chi connectivity index (χ0v) is 18.1. The number of allylic oxidation sites excluding steroid dienone is 1. The van der Waals surface area contributed by atoms with Crippen molar-refractivity contribution >= 4 is 11.8 Å². The van der Waals surface area contributed by atoms with E-state index in [9.17, 15) is 4.79 Å². The standard InChI is InChI=1S/C21H34FN3O3/c1-8-17(24-23)16-11-10-15(14-18(16)27-7)21(22,9-2)12-13-25(6)19(26)28-20(3,4)5/h8,10-11,14,24H,9,12-13,23H2,1-7H3/b17-8-. The molecule has 0 aromatic heterocycles. The second kappa shape index (κ2) is 9.78. The zero-order valence-electron chi connectivity index (χ0n) is 18.1. The average molecular weight is 396 g/mol. The Hall–Kier alpha value is -2.28. The monoisotopic (exact) mass is 395 g/mol. The molecule has 0 fully saturated rings. The Bertz CT molecular complexity index is 701. The van der Waals surface area contributed by atoms with Gasteiger partial charge in [-0.25, -0.2) is 9.18 Å². The van der Waals surface area contributed by atoms with Crippen LogP contribution in [-0.4, -0.2) is 37.3 Å². The third kappa shape index (κ3) is 6.12. The van der Waals surface area contributed by atoms with Crippen molar-refractivity contribution in [2.24, 2.45) is 5.84 Å². The number of carbonyl (C=O) groups excluding carboxylic acids is 1. The number of halogens is 1. The molecule has 158 valence electrons. The third-order valence-corrected chi connectivity index (χ3v) is 4.56. The van der Waals surface area contributed by atoms with Crippen LogP contribution in [0.5, 0.6) is 5.75 Å². The summed E-state index contributed by atoms with van der Waals surface area (Å²) in [6.07, 6.45) is 1.76. The molecule has 0 spiro atoms. The highest BCUT2D eigenvalue weighted by Crippen LogP contribution is 2.37. The molecular formula is C21H34FN3O3. The minimum atomic E-state index is -1.60. The van der Waals surface area contributed by atoms with Gasteiger partial charge in [-0.3, -0.25) is 5.84 Å². The molecule has 0 saturated carbocycles. The Labute approximate surface area is 167 Å². The first-order valence-corrected chi connectivity index (χ1v) is 9.46. The van der Waals surface area contributed by atoms with Crippen LogP contribution >= 0.6 is 0 Å². The van der Waals surface area contributed by atoms with Crippen LogP contribution in [-0.2, 0) is 10.4 Å². The number of rotatable bonds is 8. The van der Waals surface area contributed by atoms with Crippen molar-refractivity contribution in [3.63, 3.8) is 0 Å². The number of ether oxygens (including phenoxy) is 2. The first kappa shape index (κ1) is 23.8. The SMILES string of the molecule is C/C=C(\NN)c1ccc(C(F)(CC)CCN(C)C(=O)OC(C)(C)C)cc1OC. The molecular weight excluding hydrogens is 361 g/mol. The third-order valence-electron chi connectivity index (χ3n) is 4.56. The lowest BCUT2D eigenvalue weighted by Gasteiger charge is -2.29. The highest BCUT2D eigenvalue weighted by molar-refractivity contribution is 5.69. The summed E-state index contributed by atoms with van der Waals surface area (Å²) in [6.45, 7) is 9.26. The number of methoxy groups -OCH3 is 1. The molecule has 1 rings (SSSR count). The zero-order chi connectivity index (χ0) is 21.5. The van der Waals surface area contributed by atoms with Crippen molar-refractivity contribution in [1.82, 2.24) is 10.3 Å². The molecule has 0 aliphatic rings. The van der Waals surface area contributed by atoms with Gasteiger partial charge in [0.15, 0.2) is 0 Å². The summed E-state index contributed by atoms with van der Waals surface area (Å²) in [7, 11) is 3.15. The van der Waals surface area contributed by atoms with Crippen molar-refractivity contribution in [2.75, 3.05) is 20.7 Å². The fraction of sp³-hybridized carbons (Fsp3) is 0.571. The topological polar surface area (TPSA) is 76.8 Å². The van der Waals surface area contributed by atoms with E-state index in [2.05, 4.69) is 5.43 Å². The van der Waals surface area contributed by atoms with Crippen LogP contribution in [0, 0.1) is 0 Å². The van der Waals surface area contributed by atoms with E-state index in [-0.39, 0.29) is 19.4 Å². The largest absolute Gasteiger partial charge is 0.496 e. The van der Waals surface area contributed by atoms with E-state index in [0.29, 0.717) is 17.0 Å². The van der Waals surface area contributed by atoms with Crippen molar-refractivity contribution in [3.05, 3.63) is 35.4 Å². The number of hydrogen-bond donors (Lipinski definition) is 2. The van der Waals surface area contributed by atoms with Gasteiger partial charge in [-0.15, -0.1) is 0 Å². The maximum absolute atomic E-state index is 15.7. The number of nitrogens with zero attached hydrogens (tertiary/aromatic N) is 1. The van der Waals surface area contributed by atoms with Gasteiger partial charge in [-0.2, -0.15) is 0 Å². The van der Waals surface area contributed by atoms with Gasteiger partial charge in [0.1, 0.15) is 17.0 Å². The quantitative estimate of drug-likeness (QED) is 0.505.